The third kappa shape index (κ3) is 5.01. The second kappa shape index (κ2) is 9.05. The number of likely N-dealkylation sites (N-methyl/N-ethyl adjacent to an activating group) is 1. The zero-order valence-electron chi connectivity index (χ0n) is 14.6. The van der Waals surface area contributed by atoms with E-state index >= 15 is 0 Å². The van der Waals surface area contributed by atoms with Gasteiger partial charge in [0.25, 0.3) is 5.91 Å². The van der Waals surface area contributed by atoms with Gasteiger partial charge < -0.3 is 4.90 Å². The van der Waals surface area contributed by atoms with Gasteiger partial charge in [0.1, 0.15) is 0 Å². The topological polar surface area (TPSA) is 36.4 Å². The summed E-state index contributed by atoms with van der Waals surface area (Å²) in [7, 11) is 3.80. The lowest BCUT2D eigenvalue weighted by Crippen LogP contribution is -2.36. The number of anilines is 1. The van der Waals surface area contributed by atoms with Crippen LogP contribution in [0.15, 0.2) is 40.9 Å². The summed E-state index contributed by atoms with van der Waals surface area (Å²) in [6.45, 7) is 0.987. The van der Waals surface area contributed by atoms with Crippen molar-refractivity contribution >= 4 is 60.9 Å². The number of carbonyl (C=O) groups excluding carboxylic acids is 1. The summed E-state index contributed by atoms with van der Waals surface area (Å²) in [5.41, 5.74) is 0.865. The van der Waals surface area contributed by atoms with Gasteiger partial charge >= 0.3 is 0 Å². The lowest BCUT2D eigenvalue weighted by Gasteiger charge is -2.22. The van der Waals surface area contributed by atoms with Crippen LogP contribution in [0.2, 0.25) is 0 Å². The average Bonchev–Trinajstić information content (AvgIpc) is 2.99. The van der Waals surface area contributed by atoms with Crippen molar-refractivity contribution in [3.63, 3.8) is 0 Å². The number of benzene rings is 2. The maximum Gasteiger partial charge on any atom is 0.260 e. The Morgan fingerprint density at radius 2 is 1.85 bits per heavy atom. The molecule has 0 aliphatic carbocycles. The van der Waals surface area contributed by atoms with E-state index in [1.165, 1.54) is 22.3 Å². The molecule has 0 atom stereocenters. The average molecular weight is 477 g/mol. The summed E-state index contributed by atoms with van der Waals surface area (Å²) in [4.78, 5) is 20.9. The van der Waals surface area contributed by atoms with E-state index in [9.17, 15) is 13.6 Å². The largest absolute Gasteiger partial charge is 0.308 e. The van der Waals surface area contributed by atoms with Crippen molar-refractivity contribution in [3.05, 3.63) is 58.1 Å². The highest BCUT2D eigenvalue weighted by molar-refractivity contribution is 9.10. The van der Waals surface area contributed by atoms with Crippen molar-refractivity contribution in [2.24, 2.45) is 0 Å². The molecule has 2 aromatic carbocycles. The molecular formula is C18H17BrClF2N3OS. The molecule has 4 nitrogen and oxygen atoms in total. The van der Waals surface area contributed by atoms with E-state index in [-0.39, 0.29) is 18.0 Å². The minimum absolute atomic E-state index is 0. The van der Waals surface area contributed by atoms with Gasteiger partial charge in [0.15, 0.2) is 16.8 Å². The third-order valence-electron chi connectivity index (χ3n) is 3.75. The van der Waals surface area contributed by atoms with E-state index in [0.29, 0.717) is 18.2 Å². The van der Waals surface area contributed by atoms with E-state index in [4.69, 9.17) is 0 Å². The molecule has 0 aliphatic rings. The summed E-state index contributed by atoms with van der Waals surface area (Å²) in [5, 5.41) is 0.523. The first-order valence-corrected chi connectivity index (χ1v) is 9.44. The molecule has 0 radical (unpaired) electrons. The molecule has 1 heterocycles. The zero-order valence-corrected chi connectivity index (χ0v) is 17.8. The molecule has 144 valence electrons. The molecular weight excluding hydrogens is 460 g/mol. The Balaban J connectivity index is 0.00000261. The van der Waals surface area contributed by atoms with E-state index in [1.54, 1.807) is 0 Å². The molecule has 0 unspecified atom stereocenters. The van der Waals surface area contributed by atoms with Crippen molar-refractivity contribution < 1.29 is 13.6 Å². The smallest absolute Gasteiger partial charge is 0.260 e. The van der Waals surface area contributed by atoms with E-state index in [0.717, 1.165) is 26.8 Å². The van der Waals surface area contributed by atoms with Crippen LogP contribution in [0.3, 0.4) is 0 Å². The predicted molar refractivity (Wildman–Crippen MR) is 111 cm³/mol. The second-order valence-electron chi connectivity index (χ2n) is 6.00. The monoisotopic (exact) mass is 475 g/mol. The van der Waals surface area contributed by atoms with Gasteiger partial charge in [-0.25, -0.2) is 13.8 Å². The van der Waals surface area contributed by atoms with E-state index in [1.807, 2.05) is 37.2 Å². The normalized spacial score (nSPS) is 10.9. The Bertz CT molecular complexity index is 967. The molecule has 3 aromatic rings. The number of hydrogen-bond acceptors (Lipinski definition) is 4. The summed E-state index contributed by atoms with van der Waals surface area (Å²) in [6, 6.07) is 8.85. The van der Waals surface area contributed by atoms with Crippen molar-refractivity contribution in [3.8, 4) is 0 Å². The van der Waals surface area contributed by atoms with E-state index in [2.05, 4.69) is 20.9 Å². The van der Waals surface area contributed by atoms with Crippen molar-refractivity contribution in [1.82, 2.24) is 9.88 Å². The number of rotatable bonds is 5. The van der Waals surface area contributed by atoms with Crippen molar-refractivity contribution in [1.29, 1.82) is 0 Å². The van der Waals surface area contributed by atoms with Crippen LogP contribution in [0.4, 0.5) is 13.9 Å². The highest BCUT2D eigenvalue weighted by atomic mass is 79.9. The Labute approximate surface area is 174 Å². The molecule has 1 amide bonds. The Kier molecular flexibility index (Phi) is 7.27. The van der Waals surface area contributed by atoms with Crippen LogP contribution >= 0.6 is 39.7 Å². The van der Waals surface area contributed by atoms with Crippen LogP contribution in [0.5, 0.6) is 0 Å². The summed E-state index contributed by atoms with van der Waals surface area (Å²) in [6.07, 6.45) is 0. The van der Waals surface area contributed by atoms with Crippen LogP contribution in [0, 0.1) is 11.6 Å². The van der Waals surface area contributed by atoms with Crippen LogP contribution in [0.1, 0.15) is 10.4 Å². The molecule has 0 saturated heterocycles. The quantitative estimate of drug-likeness (QED) is 0.522. The lowest BCUT2D eigenvalue weighted by atomic mass is 10.2. The zero-order chi connectivity index (χ0) is 18.8. The fraction of sp³-hybridized carbons (Fsp3) is 0.222. The molecule has 0 N–H and O–H groups in total. The van der Waals surface area contributed by atoms with Gasteiger partial charge in [0.2, 0.25) is 0 Å². The number of aromatic nitrogens is 1. The Morgan fingerprint density at radius 1 is 1.11 bits per heavy atom. The van der Waals surface area contributed by atoms with Gasteiger partial charge in [-0.3, -0.25) is 9.69 Å². The molecule has 27 heavy (non-hydrogen) atoms. The maximum absolute atomic E-state index is 13.6. The van der Waals surface area contributed by atoms with Crippen LogP contribution in [-0.2, 0) is 0 Å². The van der Waals surface area contributed by atoms with Crippen LogP contribution < -0.4 is 4.90 Å². The summed E-state index contributed by atoms with van der Waals surface area (Å²) in [5.74, 6) is -2.44. The molecule has 3 rings (SSSR count). The minimum Gasteiger partial charge on any atom is -0.308 e. The van der Waals surface area contributed by atoms with Crippen molar-refractivity contribution in [2.75, 3.05) is 32.1 Å². The molecule has 0 fully saturated rings. The first kappa shape index (κ1) is 21.7. The van der Waals surface area contributed by atoms with Gasteiger partial charge in [-0.2, -0.15) is 0 Å². The first-order valence-electron chi connectivity index (χ1n) is 7.83. The Hall–Kier alpha value is -1.61. The summed E-state index contributed by atoms with van der Waals surface area (Å²) < 4.78 is 28.6. The lowest BCUT2D eigenvalue weighted by molar-refractivity contribution is 0.0984. The number of carbonyl (C=O) groups is 1. The molecule has 0 saturated carbocycles. The fourth-order valence-corrected chi connectivity index (χ4v) is 3.91. The SMILES string of the molecule is CN(C)CCN(C(=O)c1ccc(F)c(F)c1)c1nc2ccc(Br)cc2s1.Cl. The van der Waals surface area contributed by atoms with Gasteiger partial charge in [-0.15, -0.1) is 12.4 Å². The van der Waals surface area contributed by atoms with Gasteiger partial charge in [-0.05, 0) is 50.5 Å². The highest BCUT2D eigenvalue weighted by Gasteiger charge is 2.22. The predicted octanol–water partition coefficient (Wildman–Crippen LogP) is 4.97. The number of fused-ring (bicyclic) bond motifs is 1. The number of thiazole rings is 1. The van der Waals surface area contributed by atoms with Gasteiger partial charge in [0, 0.05) is 23.1 Å². The fourth-order valence-electron chi connectivity index (χ4n) is 2.37. The van der Waals surface area contributed by atoms with Crippen molar-refractivity contribution in [2.45, 2.75) is 0 Å². The molecule has 0 aliphatic heterocycles. The highest BCUT2D eigenvalue weighted by Crippen LogP contribution is 2.31. The number of amides is 1. The van der Waals surface area contributed by atoms with Gasteiger partial charge in [0.05, 0.1) is 10.2 Å². The van der Waals surface area contributed by atoms with E-state index < -0.39 is 17.5 Å². The third-order valence-corrected chi connectivity index (χ3v) is 5.29. The molecule has 9 heteroatoms. The number of halogens is 4. The molecule has 0 bridgehead atoms. The van der Waals surface area contributed by atoms with Gasteiger partial charge in [-0.1, -0.05) is 27.3 Å². The minimum atomic E-state index is -1.04. The standard InChI is InChI=1S/C18H16BrF2N3OS.ClH/c1-23(2)7-8-24(17(25)11-3-5-13(20)14(21)9-11)18-22-15-6-4-12(19)10-16(15)26-18;/h3-6,9-10H,7-8H2,1-2H3;1H. The first-order chi connectivity index (χ1) is 12.3. The summed E-state index contributed by atoms with van der Waals surface area (Å²) >= 11 is 4.80. The van der Waals surface area contributed by atoms with Crippen LogP contribution in [0.25, 0.3) is 10.2 Å². The van der Waals surface area contributed by atoms with Crippen LogP contribution in [-0.4, -0.2) is 43.0 Å². The molecule has 1 aromatic heterocycles. The Morgan fingerprint density at radius 3 is 2.52 bits per heavy atom. The number of nitrogens with zero attached hydrogens (tertiary/aromatic N) is 3. The number of hydrogen-bond donors (Lipinski definition) is 0. The molecule has 0 spiro atoms. The maximum atomic E-state index is 13.6. The second-order valence-corrected chi connectivity index (χ2v) is 7.92.